The van der Waals surface area contributed by atoms with Gasteiger partial charge in [0, 0.05) is 13.8 Å². The van der Waals surface area contributed by atoms with E-state index < -0.39 is 6.15 Å². The van der Waals surface area contributed by atoms with E-state index in [1.165, 1.54) is 21.9 Å². The van der Waals surface area contributed by atoms with Crippen molar-refractivity contribution in [2.75, 3.05) is 13.2 Å². The van der Waals surface area contributed by atoms with Crippen molar-refractivity contribution in [1.82, 2.24) is 0 Å². The Morgan fingerprint density at radius 2 is 0.667 bits per heavy atom. The summed E-state index contributed by atoms with van der Waals surface area (Å²) in [6.07, 6.45) is -1.22. The van der Waals surface area contributed by atoms with Gasteiger partial charge in [-0.25, -0.2) is 0 Å². The summed E-state index contributed by atoms with van der Waals surface area (Å²) < 4.78 is 3.97. The Hall–Kier alpha value is -3.10. The third kappa shape index (κ3) is 4.72. The largest absolute Gasteiger partial charge is 0.434 e. The van der Waals surface area contributed by atoms with E-state index in [1.807, 2.05) is 13.8 Å². The van der Waals surface area contributed by atoms with Crippen molar-refractivity contribution in [3.05, 3.63) is 121 Å². The molecule has 1 N–H and O–H groups in total. The van der Waals surface area contributed by atoms with Crippen LogP contribution in [-0.2, 0) is 0 Å². The highest BCUT2D eigenvalue weighted by atomic mass is 16.5. The number of hydrogen-bond acceptors (Lipinski definition) is 0. The highest BCUT2D eigenvalue weighted by Crippen LogP contribution is 2.09. The van der Waals surface area contributed by atoms with Gasteiger partial charge in [0.05, 0.1) is 0 Å². The Kier molecular flexibility index (Phi) is 8.06. The lowest BCUT2D eigenvalue weighted by atomic mass is 9.13. The summed E-state index contributed by atoms with van der Waals surface area (Å²) in [5.74, 6) is 0. The molecule has 152 valence electrons. The zero-order chi connectivity index (χ0) is 21.1. The van der Waals surface area contributed by atoms with Crippen molar-refractivity contribution in [1.29, 1.82) is 0 Å². The van der Waals surface area contributed by atoms with Gasteiger partial charge in [-0.05, 0) is 0 Å². The molecule has 4 aromatic carbocycles. The predicted molar refractivity (Wildman–Crippen MR) is 133 cm³/mol. The first-order valence-electron chi connectivity index (χ1n) is 10.8. The van der Waals surface area contributed by atoms with Crippen LogP contribution in [0.5, 0.6) is 0 Å². The molecule has 0 spiro atoms. The van der Waals surface area contributed by atoms with Gasteiger partial charge in [-0.15, -0.1) is 0 Å². The summed E-state index contributed by atoms with van der Waals surface area (Å²) in [5.41, 5.74) is 5.36. The second kappa shape index (κ2) is 11.2. The molecule has 0 unspecified atom stereocenters. The second-order valence-electron chi connectivity index (χ2n) is 7.36. The number of rotatable bonds is 6. The van der Waals surface area contributed by atoms with Crippen LogP contribution in [0.15, 0.2) is 121 Å². The zero-order valence-corrected chi connectivity index (χ0v) is 18.0. The summed E-state index contributed by atoms with van der Waals surface area (Å²) in [5, 5.41) is 0. The minimum Gasteiger partial charge on any atom is -0.434 e. The van der Waals surface area contributed by atoms with Crippen LogP contribution in [0.1, 0.15) is 13.8 Å². The van der Waals surface area contributed by atoms with Gasteiger partial charge >= 0.3 is 0 Å². The first kappa shape index (κ1) is 21.6. The van der Waals surface area contributed by atoms with E-state index in [4.69, 9.17) is 0 Å². The highest BCUT2D eigenvalue weighted by Gasteiger charge is 2.30. The monoisotopic (exact) mass is 394 g/mol. The molecule has 2 heteroatoms. The molecule has 0 radical (unpaired) electrons. The molecule has 0 heterocycles. The van der Waals surface area contributed by atoms with E-state index in [-0.39, 0.29) is 0 Å². The Labute approximate surface area is 181 Å². The molecule has 0 saturated carbocycles. The average molecular weight is 394 g/mol. The maximum Gasteiger partial charge on any atom is 0.141 e. The fraction of sp³-hybridized carbons (Fsp3) is 0.143. The first-order chi connectivity index (χ1) is 14.8. The van der Waals surface area contributed by atoms with Crippen molar-refractivity contribution < 1.29 is 4.74 Å². The molecule has 0 bridgehead atoms. The predicted octanol–water partition coefficient (Wildman–Crippen LogP) is 3.62. The molecule has 30 heavy (non-hydrogen) atoms. The average Bonchev–Trinajstić information content (AvgIpc) is 2.83. The van der Waals surface area contributed by atoms with Gasteiger partial charge in [0.15, 0.2) is 0 Å². The van der Waals surface area contributed by atoms with Crippen LogP contribution in [0.3, 0.4) is 0 Å². The van der Waals surface area contributed by atoms with Crippen molar-refractivity contribution in [2.24, 2.45) is 0 Å². The van der Waals surface area contributed by atoms with Gasteiger partial charge in [-0.2, -0.15) is 21.9 Å². The van der Waals surface area contributed by atoms with Gasteiger partial charge in [-0.3, -0.25) is 0 Å². The maximum atomic E-state index is 3.97. The van der Waals surface area contributed by atoms with Crippen LogP contribution in [0.2, 0.25) is 0 Å². The van der Waals surface area contributed by atoms with E-state index in [9.17, 15) is 0 Å². The maximum absolute atomic E-state index is 3.97. The van der Waals surface area contributed by atoms with Gasteiger partial charge < -0.3 is 4.74 Å². The van der Waals surface area contributed by atoms with E-state index in [1.54, 1.807) is 0 Å². The molecule has 1 nitrogen and oxygen atoms in total. The quantitative estimate of drug-likeness (QED) is 0.350. The molecule has 0 aliphatic carbocycles. The lowest BCUT2D eigenvalue weighted by Gasteiger charge is -2.44. The lowest BCUT2D eigenvalue weighted by molar-refractivity contribution is -0.0178. The normalized spacial score (nSPS) is 10.7. The third-order valence-corrected chi connectivity index (χ3v) is 5.65. The van der Waals surface area contributed by atoms with Gasteiger partial charge in [0.2, 0.25) is 0 Å². The van der Waals surface area contributed by atoms with Gasteiger partial charge in [-0.1, -0.05) is 121 Å². The summed E-state index contributed by atoms with van der Waals surface area (Å²) >= 11 is 0. The summed E-state index contributed by atoms with van der Waals surface area (Å²) in [6.45, 7) is 6.03. The molecule has 0 fully saturated rings. The number of benzene rings is 4. The smallest absolute Gasteiger partial charge is 0.141 e. The standard InChI is InChI=1S/C24H20B.C4H10O/c1-5-13-21(14-6-1)25(22-15-7-2-8-16-22,23-17-9-3-10-18-23)24-19-11-4-12-20-24;1-3-5-4-2/h1-20H;3-4H2,1-2H3/q-1;/p+1. The molecule has 4 aromatic rings. The Bertz CT molecular complexity index is 805. The minimum absolute atomic E-state index is 0.969. The number of hydrogen-bond donors (Lipinski definition) is 0. The van der Waals surface area contributed by atoms with Crippen molar-refractivity contribution >= 4 is 28.0 Å². The molecule has 4 rings (SSSR count). The van der Waals surface area contributed by atoms with E-state index in [0.29, 0.717) is 0 Å². The topological polar surface area (TPSA) is 12.8 Å². The fourth-order valence-corrected chi connectivity index (χ4v) is 4.35. The van der Waals surface area contributed by atoms with Gasteiger partial charge in [0.25, 0.3) is 0 Å². The van der Waals surface area contributed by atoms with E-state index in [2.05, 4.69) is 126 Å². The van der Waals surface area contributed by atoms with Crippen LogP contribution in [0.4, 0.5) is 0 Å². The van der Waals surface area contributed by atoms with Crippen LogP contribution in [0, 0.1) is 0 Å². The van der Waals surface area contributed by atoms with Crippen LogP contribution in [0.25, 0.3) is 0 Å². The number of aliphatic hydroxyl groups is 2. The molecule has 0 aromatic heterocycles. The minimum atomic E-state index is -1.22. The van der Waals surface area contributed by atoms with Gasteiger partial charge in [0.1, 0.15) is 19.4 Å². The van der Waals surface area contributed by atoms with Crippen LogP contribution < -0.4 is 21.9 Å². The molecule has 0 aliphatic rings. The zero-order valence-electron chi connectivity index (χ0n) is 18.0. The summed E-state index contributed by atoms with van der Waals surface area (Å²) in [7, 11) is 0. The van der Waals surface area contributed by atoms with Crippen molar-refractivity contribution in [3.8, 4) is 0 Å². The molecular formula is C28H31BO. The molecule has 0 atom stereocenters. The Morgan fingerprint density at radius 3 is 0.833 bits per heavy atom. The fourth-order valence-electron chi connectivity index (χ4n) is 4.35. The first-order valence-corrected chi connectivity index (χ1v) is 10.8. The highest BCUT2D eigenvalue weighted by molar-refractivity contribution is 7.19. The molecule has 0 aliphatic heterocycles. The molecular weight excluding hydrogens is 363 g/mol. The summed E-state index contributed by atoms with van der Waals surface area (Å²) in [6, 6.07) is 43.5. The van der Waals surface area contributed by atoms with E-state index in [0.717, 1.165) is 13.2 Å². The Morgan fingerprint density at radius 1 is 0.433 bits per heavy atom. The third-order valence-electron chi connectivity index (χ3n) is 5.65. The SMILES string of the molecule is CC[OH+]CC.c1ccc([B-](c2ccccc2)(c2ccccc2)c2ccccc2)cc1. The van der Waals surface area contributed by atoms with Crippen LogP contribution in [-0.4, -0.2) is 24.1 Å². The van der Waals surface area contributed by atoms with Crippen molar-refractivity contribution in [3.63, 3.8) is 0 Å². The lowest BCUT2D eigenvalue weighted by Crippen LogP contribution is -2.74. The molecule has 0 amide bonds. The van der Waals surface area contributed by atoms with Crippen LogP contribution >= 0.6 is 0 Å². The molecule has 0 saturated heterocycles. The number of ether oxygens (including phenoxy) is 1. The Balaban J connectivity index is 0.000000461. The second-order valence-corrected chi connectivity index (χ2v) is 7.36. The van der Waals surface area contributed by atoms with E-state index >= 15 is 0 Å². The summed E-state index contributed by atoms with van der Waals surface area (Å²) in [4.78, 5) is 0. The van der Waals surface area contributed by atoms with Crippen molar-refractivity contribution in [2.45, 2.75) is 13.8 Å².